The summed E-state index contributed by atoms with van der Waals surface area (Å²) < 4.78 is 1.78. The van der Waals surface area contributed by atoms with E-state index < -0.39 is 0 Å². The molecule has 0 bridgehead atoms. The van der Waals surface area contributed by atoms with Crippen molar-refractivity contribution in [3.8, 4) is 0 Å². The van der Waals surface area contributed by atoms with Crippen molar-refractivity contribution in [2.75, 3.05) is 47.8 Å². The minimum absolute atomic E-state index is 0.801. The average Bonchev–Trinajstić information content (AvgIpc) is 3.09. The summed E-state index contributed by atoms with van der Waals surface area (Å²) in [7, 11) is 0. The van der Waals surface area contributed by atoms with Crippen LogP contribution in [0.3, 0.4) is 0 Å². The normalized spacial score (nSPS) is 15.0. The van der Waals surface area contributed by atoms with Crippen molar-refractivity contribution in [3.05, 3.63) is 36.3 Å². The zero-order valence-corrected chi connectivity index (χ0v) is 14.6. The third-order valence-electron chi connectivity index (χ3n) is 4.33. The van der Waals surface area contributed by atoms with Gasteiger partial charge in [-0.2, -0.15) is 10.1 Å². The number of nitrogens with zero attached hydrogens (tertiary/aromatic N) is 7. The Morgan fingerprint density at radius 2 is 1.84 bits per heavy atom. The number of aryl methyl sites for hydroxylation is 1. The number of nitrogens with one attached hydrogen (secondary N) is 1. The smallest absolute Gasteiger partial charge is 0.227 e. The number of fused-ring (bicyclic) bond motifs is 1. The maximum atomic E-state index is 4.68. The molecule has 8 heteroatoms. The zero-order chi connectivity index (χ0) is 17.2. The monoisotopic (exact) mass is 338 g/mol. The highest BCUT2D eigenvalue weighted by Crippen LogP contribution is 2.19. The van der Waals surface area contributed by atoms with Crippen LogP contribution in [0.15, 0.2) is 30.6 Å². The summed E-state index contributed by atoms with van der Waals surface area (Å²) >= 11 is 0. The molecule has 1 aliphatic rings. The van der Waals surface area contributed by atoms with Crippen LogP contribution in [0.2, 0.25) is 0 Å². The van der Waals surface area contributed by atoms with Crippen LogP contribution in [0.1, 0.15) is 12.6 Å². The first-order valence-corrected chi connectivity index (χ1v) is 8.63. The number of aromatic nitrogens is 5. The molecule has 0 unspecified atom stereocenters. The first-order chi connectivity index (χ1) is 12.2. The molecule has 1 fully saturated rings. The van der Waals surface area contributed by atoms with E-state index in [4.69, 9.17) is 0 Å². The summed E-state index contributed by atoms with van der Waals surface area (Å²) in [6, 6.07) is 5.92. The molecule has 0 aliphatic carbocycles. The lowest BCUT2D eigenvalue weighted by atomic mass is 10.3. The summed E-state index contributed by atoms with van der Waals surface area (Å²) in [4.78, 5) is 18.4. The van der Waals surface area contributed by atoms with E-state index in [1.165, 1.54) is 0 Å². The summed E-state index contributed by atoms with van der Waals surface area (Å²) in [5.74, 6) is 2.68. The molecule has 0 saturated carbocycles. The molecule has 25 heavy (non-hydrogen) atoms. The molecule has 3 aromatic rings. The van der Waals surface area contributed by atoms with Crippen LogP contribution < -0.4 is 15.1 Å². The van der Waals surface area contributed by atoms with Gasteiger partial charge in [-0.25, -0.2) is 14.5 Å². The van der Waals surface area contributed by atoms with E-state index in [9.17, 15) is 0 Å². The third-order valence-corrected chi connectivity index (χ3v) is 4.33. The first-order valence-electron chi connectivity index (χ1n) is 8.63. The van der Waals surface area contributed by atoms with Crippen molar-refractivity contribution < 1.29 is 0 Å². The first kappa shape index (κ1) is 15.6. The van der Waals surface area contributed by atoms with Crippen LogP contribution in [0, 0.1) is 6.92 Å². The van der Waals surface area contributed by atoms with Crippen molar-refractivity contribution in [3.63, 3.8) is 0 Å². The molecule has 4 heterocycles. The second-order valence-corrected chi connectivity index (χ2v) is 6.12. The Balaban J connectivity index is 1.47. The molecule has 1 aliphatic heterocycles. The summed E-state index contributed by atoms with van der Waals surface area (Å²) in [6.07, 6.45) is 3.72. The molecule has 0 atom stereocenters. The van der Waals surface area contributed by atoms with Gasteiger partial charge in [0.2, 0.25) is 5.95 Å². The van der Waals surface area contributed by atoms with Gasteiger partial charge < -0.3 is 15.1 Å². The lowest BCUT2D eigenvalue weighted by Gasteiger charge is -2.35. The molecular weight excluding hydrogens is 316 g/mol. The Morgan fingerprint density at radius 3 is 2.64 bits per heavy atom. The Hall–Kier alpha value is -2.90. The van der Waals surface area contributed by atoms with E-state index >= 15 is 0 Å². The number of hydrogen-bond acceptors (Lipinski definition) is 7. The second kappa shape index (κ2) is 6.54. The third kappa shape index (κ3) is 3.19. The van der Waals surface area contributed by atoms with E-state index in [0.29, 0.717) is 0 Å². The standard InChI is InChI=1S/C17H22N8/c1-3-18-14-12-13(2)20-17(21-14)24-10-8-23(9-11-24)15-5-7-25-16(22-15)4-6-19-25/h4-7,12H,3,8-11H2,1-2H3,(H,18,20,21). The zero-order valence-electron chi connectivity index (χ0n) is 14.6. The second-order valence-electron chi connectivity index (χ2n) is 6.12. The molecule has 130 valence electrons. The summed E-state index contributed by atoms with van der Waals surface area (Å²) in [5.41, 5.74) is 1.86. The van der Waals surface area contributed by atoms with Crippen molar-refractivity contribution in [1.29, 1.82) is 0 Å². The fourth-order valence-corrected chi connectivity index (χ4v) is 3.08. The largest absolute Gasteiger partial charge is 0.370 e. The maximum absolute atomic E-state index is 4.68. The van der Waals surface area contributed by atoms with E-state index in [-0.39, 0.29) is 0 Å². The molecule has 1 N–H and O–H groups in total. The highest BCUT2D eigenvalue weighted by molar-refractivity contribution is 5.49. The number of piperazine rings is 1. The van der Waals surface area contributed by atoms with Gasteiger partial charge in [-0.05, 0) is 19.9 Å². The van der Waals surface area contributed by atoms with Crippen LogP contribution in [0.25, 0.3) is 5.65 Å². The van der Waals surface area contributed by atoms with Crippen LogP contribution >= 0.6 is 0 Å². The maximum Gasteiger partial charge on any atom is 0.227 e. The lowest BCUT2D eigenvalue weighted by molar-refractivity contribution is 0.633. The Morgan fingerprint density at radius 1 is 1.04 bits per heavy atom. The fraction of sp³-hybridized carbons (Fsp3) is 0.412. The van der Waals surface area contributed by atoms with Gasteiger partial charge in [0.15, 0.2) is 5.65 Å². The average molecular weight is 338 g/mol. The molecule has 0 aromatic carbocycles. The van der Waals surface area contributed by atoms with Crippen LogP contribution in [0.5, 0.6) is 0 Å². The lowest BCUT2D eigenvalue weighted by Crippen LogP contribution is -2.47. The summed E-state index contributed by atoms with van der Waals surface area (Å²) in [6.45, 7) is 8.47. The van der Waals surface area contributed by atoms with Gasteiger partial charge in [0.1, 0.15) is 11.6 Å². The Bertz CT molecular complexity index is 866. The van der Waals surface area contributed by atoms with Crippen LogP contribution in [0.4, 0.5) is 17.6 Å². The van der Waals surface area contributed by atoms with Gasteiger partial charge in [-0.1, -0.05) is 0 Å². The SMILES string of the molecule is CCNc1cc(C)nc(N2CCN(c3ccn4nccc4n3)CC2)n1. The highest BCUT2D eigenvalue weighted by atomic mass is 15.3. The molecule has 4 rings (SSSR count). The Labute approximate surface area is 146 Å². The van der Waals surface area contributed by atoms with Gasteiger partial charge >= 0.3 is 0 Å². The van der Waals surface area contributed by atoms with E-state index in [2.05, 4.69) is 42.1 Å². The Kier molecular flexibility index (Phi) is 4.09. The predicted molar refractivity (Wildman–Crippen MR) is 98.3 cm³/mol. The highest BCUT2D eigenvalue weighted by Gasteiger charge is 2.21. The molecular formula is C17H22N8. The minimum atomic E-state index is 0.801. The van der Waals surface area contributed by atoms with Gasteiger partial charge in [-0.3, -0.25) is 0 Å². The molecule has 0 radical (unpaired) electrons. The predicted octanol–water partition coefficient (Wildman–Crippen LogP) is 1.59. The quantitative estimate of drug-likeness (QED) is 0.774. The van der Waals surface area contributed by atoms with Gasteiger partial charge in [0.05, 0.1) is 6.20 Å². The van der Waals surface area contributed by atoms with Crippen molar-refractivity contribution in [2.24, 2.45) is 0 Å². The van der Waals surface area contributed by atoms with Crippen LogP contribution in [-0.2, 0) is 0 Å². The van der Waals surface area contributed by atoms with Gasteiger partial charge in [-0.15, -0.1) is 0 Å². The van der Waals surface area contributed by atoms with Crippen molar-refractivity contribution in [1.82, 2.24) is 24.6 Å². The molecule has 0 amide bonds. The van der Waals surface area contributed by atoms with Gasteiger partial charge in [0.25, 0.3) is 0 Å². The molecule has 8 nitrogen and oxygen atoms in total. The summed E-state index contributed by atoms with van der Waals surface area (Å²) in [5, 5.41) is 7.46. The number of hydrogen-bond donors (Lipinski definition) is 1. The van der Waals surface area contributed by atoms with Crippen molar-refractivity contribution >= 4 is 23.2 Å². The van der Waals surface area contributed by atoms with E-state index in [1.54, 1.807) is 10.7 Å². The molecule has 3 aromatic heterocycles. The van der Waals surface area contributed by atoms with Crippen molar-refractivity contribution in [2.45, 2.75) is 13.8 Å². The van der Waals surface area contributed by atoms with E-state index in [1.807, 2.05) is 31.3 Å². The molecule has 1 saturated heterocycles. The molecule has 0 spiro atoms. The van der Waals surface area contributed by atoms with Crippen LogP contribution in [-0.4, -0.2) is 57.3 Å². The van der Waals surface area contributed by atoms with Gasteiger partial charge in [0, 0.05) is 56.7 Å². The van der Waals surface area contributed by atoms with E-state index in [0.717, 1.165) is 61.6 Å². The number of anilines is 3. The number of rotatable bonds is 4. The topological polar surface area (TPSA) is 74.5 Å². The fourth-order valence-electron chi connectivity index (χ4n) is 3.08. The minimum Gasteiger partial charge on any atom is -0.370 e.